The molecule has 0 saturated carbocycles. The summed E-state index contributed by atoms with van der Waals surface area (Å²) in [4.78, 5) is 49.3. The van der Waals surface area contributed by atoms with Crippen molar-refractivity contribution in [1.82, 2.24) is 10.2 Å². The van der Waals surface area contributed by atoms with Crippen LogP contribution in [-0.2, 0) is 30.5 Å². The summed E-state index contributed by atoms with van der Waals surface area (Å²) in [5.41, 5.74) is 0.641. The van der Waals surface area contributed by atoms with Crippen molar-refractivity contribution in [3.63, 3.8) is 0 Å². The number of alkyl carbamates (subject to hydrolysis) is 1. The lowest BCUT2D eigenvalue weighted by Gasteiger charge is -2.45. The summed E-state index contributed by atoms with van der Waals surface area (Å²) in [7, 11) is 0. The molecule has 1 fully saturated rings. The number of benzene rings is 1. The lowest BCUT2D eigenvalue weighted by molar-refractivity contribution is -0.152. The third-order valence-corrected chi connectivity index (χ3v) is 5.66. The van der Waals surface area contributed by atoms with Gasteiger partial charge in [-0.05, 0) is 5.56 Å². The van der Waals surface area contributed by atoms with Crippen LogP contribution in [0, 0.1) is 0 Å². The average Bonchev–Trinajstić information content (AvgIpc) is 2.76. The summed E-state index contributed by atoms with van der Waals surface area (Å²) >= 11 is 20.1. The van der Waals surface area contributed by atoms with Gasteiger partial charge >= 0.3 is 12.1 Å². The molecule has 14 heteroatoms. The van der Waals surface area contributed by atoms with Gasteiger partial charge in [-0.3, -0.25) is 14.5 Å². The lowest BCUT2D eigenvalue weighted by atomic mass is 10.1. The van der Waals surface area contributed by atoms with Crippen molar-refractivity contribution < 1.29 is 33.8 Å². The lowest BCUT2D eigenvalue weighted by Crippen LogP contribution is -2.69. The molecule has 0 radical (unpaired) electrons. The summed E-state index contributed by atoms with van der Waals surface area (Å²) in [6.45, 7) is -0.696. The molecule has 9 nitrogen and oxygen atoms in total. The SMILES string of the molecule is O=CSC1C(NC(=O)OCC(Cl)(Cl)Cl)C(=O)N1C(C(=O)OCc1ccccc1)=C(O)CBr. The fraction of sp³-hybridized carbons (Fsp3) is 0.333. The Hall–Kier alpha value is -1.66. The van der Waals surface area contributed by atoms with Gasteiger partial charge in [-0.15, -0.1) is 0 Å². The maximum absolute atomic E-state index is 12.7. The summed E-state index contributed by atoms with van der Waals surface area (Å²) in [5, 5.41) is 11.3. The van der Waals surface area contributed by atoms with Crippen molar-refractivity contribution in [1.29, 1.82) is 0 Å². The molecule has 0 aliphatic carbocycles. The molecule has 32 heavy (non-hydrogen) atoms. The Labute approximate surface area is 210 Å². The Morgan fingerprint density at radius 2 is 1.91 bits per heavy atom. The van der Waals surface area contributed by atoms with E-state index in [-0.39, 0.29) is 11.9 Å². The van der Waals surface area contributed by atoms with E-state index in [9.17, 15) is 24.3 Å². The van der Waals surface area contributed by atoms with Gasteiger partial charge in [0.05, 0.1) is 5.33 Å². The number of nitrogens with one attached hydrogen (secondary N) is 1. The molecule has 2 N–H and O–H groups in total. The maximum Gasteiger partial charge on any atom is 0.408 e. The zero-order valence-electron chi connectivity index (χ0n) is 16.0. The van der Waals surface area contributed by atoms with E-state index in [1.54, 1.807) is 30.3 Å². The van der Waals surface area contributed by atoms with E-state index in [1.165, 1.54) is 0 Å². The van der Waals surface area contributed by atoms with Crippen LogP contribution in [0.25, 0.3) is 0 Å². The van der Waals surface area contributed by atoms with Crippen molar-refractivity contribution in [2.24, 2.45) is 0 Å². The number of nitrogens with zero attached hydrogens (tertiary/aromatic N) is 1. The third-order valence-electron chi connectivity index (χ3n) is 3.93. The highest BCUT2D eigenvalue weighted by molar-refractivity contribution is 9.09. The number of aliphatic hydroxyl groups is 1. The highest BCUT2D eigenvalue weighted by Crippen LogP contribution is 2.34. The molecule has 0 spiro atoms. The minimum absolute atomic E-state index is 0.114. The molecular weight excluding hydrogens is 575 g/mol. The number of alkyl halides is 4. The zero-order valence-corrected chi connectivity index (χ0v) is 20.7. The van der Waals surface area contributed by atoms with E-state index in [0.29, 0.717) is 22.9 Å². The first-order valence-corrected chi connectivity index (χ1v) is 11.9. The fourth-order valence-electron chi connectivity index (χ4n) is 2.56. The number of thioether (sulfide) groups is 1. The van der Waals surface area contributed by atoms with Crippen LogP contribution in [-0.4, -0.2) is 60.7 Å². The van der Waals surface area contributed by atoms with Crippen LogP contribution >= 0.6 is 62.5 Å². The van der Waals surface area contributed by atoms with E-state index >= 15 is 0 Å². The molecule has 174 valence electrons. The number of carbonyl (C=O) groups is 4. The smallest absolute Gasteiger partial charge is 0.408 e. The third kappa shape index (κ3) is 7.17. The van der Waals surface area contributed by atoms with E-state index in [0.717, 1.165) is 4.90 Å². The number of amides is 2. The molecule has 0 bridgehead atoms. The van der Waals surface area contributed by atoms with Crippen LogP contribution in [0.5, 0.6) is 0 Å². The van der Waals surface area contributed by atoms with Crippen LogP contribution < -0.4 is 5.32 Å². The molecule has 1 aromatic rings. The van der Waals surface area contributed by atoms with Gasteiger partial charge in [0.1, 0.15) is 30.4 Å². The molecule has 2 amide bonds. The van der Waals surface area contributed by atoms with Crippen molar-refractivity contribution in [3.8, 4) is 0 Å². The van der Waals surface area contributed by atoms with Gasteiger partial charge in [-0.1, -0.05) is 92.8 Å². The standard InChI is InChI=1S/C18H16BrCl3N2O7S/c19-6-11(26)13(16(28)30-7-10-4-2-1-3-5-10)24-14(27)12(15(24)32-9-25)23-17(29)31-8-18(20,21)22/h1-5,9,12,15,26H,6-8H2,(H,23,29). The molecule has 2 unspecified atom stereocenters. The summed E-state index contributed by atoms with van der Waals surface area (Å²) < 4.78 is 8.07. The normalized spacial score (nSPS) is 18.9. The number of rotatable bonds is 9. The summed E-state index contributed by atoms with van der Waals surface area (Å²) in [5.74, 6) is -2.27. The Bertz CT molecular complexity index is 898. The molecule has 2 atom stereocenters. The maximum atomic E-state index is 12.7. The molecule has 1 heterocycles. The van der Waals surface area contributed by atoms with Crippen molar-refractivity contribution in [2.75, 3.05) is 11.9 Å². The number of carbonyl (C=O) groups excluding carboxylic acids is 4. The van der Waals surface area contributed by atoms with Gasteiger partial charge in [0.25, 0.3) is 5.91 Å². The first-order chi connectivity index (χ1) is 15.1. The van der Waals surface area contributed by atoms with Gasteiger partial charge in [-0.2, -0.15) is 0 Å². The minimum atomic E-state index is -1.86. The molecule has 1 aliphatic rings. The van der Waals surface area contributed by atoms with E-state index in [2.05, 4.69) is 21.2 Å². The fourth-order valence-corrected chi connectivity index (χ4v) is 3.77. The number of hydrogen-bond acceptors (Lipinski definition) is 8. The second-order valence-electron chi connectivity index (χ2n) is 6.14. The second-order valence-corrected chi connectivity index (χ2v) is 10.2. The van der Waals surface area contributed by atoms with Gasteiger partial charge in [-0.25, -0.2) is 9.59 Å². The number of β-lactam (4-membered cyclic amide) rings is 1. The van der Waals surface area contributed by atoms with Gasteiger partial charge in [0.2, 0.25) is 3.79 Å². The molecule has 0 aromatic heterocycles. The van der Waals surface area contributed by atoms with Gasteiger partial charge in [0.15, 0.2) is 11.3 Å². The number of ether oxygens (including phenoxy) is 2. The highest BCUT2D eigenvalue weighted by atomic mass is 79.9. The van der Waals surface area contributed by atoms with Crippen LogP contribution in [0.2, 0.25) is 0 Å². The molecule has 1 saturated heterocycles. The number of aliphatic hydroxyl groups excluding tert-OH is 1. The first-order valence-electron chi connectivity index (χ1n) is 8.70. The summed E-state index contributed by atoms with van der Waals surface area (Å²) in [6, 6.07) is 7.51. The Morgan fingerprint density at radius 1 is 1.25 bits per heavy atom. The predicted molar refractivity (Wildman–Crippen MR) is 123 cm³/mol. The summed E-state index contributed by atoms with van der Waals surface area (Å²) in [6.07, 6.45) is -1.08. The Kier molecular flexibility index (Phi) is 9.96. The first kappa shape index (κ1) is 26.6. The number of halogens is 4. The largest absolute Gasteiger partial charge is 0.509 e. The number of likely N-dealkylation sites (tertiary alicyclic amines) is 1. The van der Waals surface area contributed by atoms with Crippen molar-refractivity contribution >= 4 is 86.1 Å². The Balaban J connectivity index is 2.15. The quantitative estimate of drug-likeness (QED) is 0.112. The average molecular weight is 591 g/mol. The Morgan fingerprint density at radius 3 is 2.47 bits per heavy atom. The zero-order chi connectivity index (χ0) is 23.9. The van der Waals surface area contributed by atoms with Gasteiger partial charge in [0, 0.05) is 0 Å². The number of hydrogen-bond donors (Lipinski definition) is 2. The van der Waals surface area contributed by atoms with Crippen molar-refractivity contribution in [3.05, 3.63) is 47.4 Å². The molecular formula is C18H16BrCl3N2O7S. The monoisotopic (exact) mass is 588 g/mol. The number of allylic oxidation sites excluding steroid dienone is 1. The number of esters is 1. The molecule has 1 aromatic carbocycles. The minimum Gasteiger partial charge on any atom is -0.509 e. The second kappa shape index (κ2) is 12.0. The van der Waals surface area contributed by atoms with Crippen LogP contribution in [0.1, 0.15) is 5.56 Å². The molecule has 2 rings (SSSR count). The van der Waals surface area contributed by atoms with Gasteiger partial charge < -0.3 is 19.9 Å². The van der Waals surface area contributed by atoms with E-state index in [1.807, 2.05) is 0 Å². The van der Waals surface area contributed by atoms with Crippen LogP contribution in [0.3, 0.4) is 0 Å². The van der Waals surface area contributed by atoms with E-state index < -0.39 is 51.2 Å². The van der Waals surface area contributed by atoms with Crippen LogP contribution in [0.4, 0.5) is 4.79 Å². The highest BCUT2D eigenvalue weighted by Gasteiger charge is 2.53. The molecule has 1 aliphatic heterocycles. The predicted octanol–water partition coefficient (Wildman–Crippen LogP) is 3.45. The van der Waals surface area contributed by atoms with Crippen LogP contribution in [0.15, 0.2) is 41.8 Å². The van der Waals surface area contributed by atoms with E-state index in [4.69, 9.17) is 44.3 Å². The van der Waals surface area contributed by atoms with Crippen molar-refractivity contribution in [2.45, 2.75) is 21.8 Å². The topological polar surface area (TPSA) is 122 Å².